The van der Waals surface area contributed by atoms with Gasteiger partial charge in [-0.15, -0.1) is 0 Å². The Morgan fingerprint density at radius 1 is 0.871 bits per heavy atom. The maximum atomic E-state index is 13.4. The van der Waals surface area contributed by atoms with Crippen LogP contribution in [0.15, 0.2) is 89.8 Å². The van der Waals surface area contributed by atoms with Crippen molar-refractivity contribution in [1.82, 2.24) is 9.37 Å². The number of amides is 1. The minimum Gasteiger partial charge on any atom is -0.334 e. The smallest absolute Gasteiger partial charge is 0.264 e. The molecule has 31 heavy (non-hydrogen) atoms. The third-order valence-corrected chi connectivity index (χ3v) is 6.67. The number of hydroxylamine groups is 1. The van der Waals surface area contributed by atoms with Gasteiger partial charge in [0.2, 0.25) is 0 Å². The summed E-state index contributed by atoms with van der Waals surface area (Å²) >= 11 is 0. The summed E-state index contributed by atoms with van der Waals surface area (Å²) < 4.78 is 25.9. The third kappa shape index (κ3) is 5.79. The average molecular weight is 439 g/mol. The van der Waals surface area contributed by atoms with E-state index in [1.165, 1.54) is 26.3 Å². The van der Waals surface area contributed by atoms with Gasteiger partial charge in [0, 0.05) is 25.7 Å². The summed E-state index contributed by atoms with van der Waals surface area (Å²) in [6.45, 7) is 0.939. The molecule has 1 amide bonds. The van der Waals surface area contributed by atoms with Crippen LogP contribution >= 0.6 is 0 Å². The Balaban J connectivity index is 1.87. The minimum atomic E-state index is -3.84. The zero-order chi connectivity index (χ0) is 22.3. The largest absolute Gasteiger partial charge is 0.334 e. The third-order valence-electron chi connectivity index (χ3n) is 4.99. The van der Waals surface area contributed by atoms with Crippen LogP contribution in [0.25, 0.3) is 0 Å². The van der Waals surface area contributed by atoms with Gasteiger partial charge >= 0.3 is 0 Å². The summed E-state index contributed by atoms with van der Waals surface area (Å²) in [6, 6.07) is 25.7. The molecule has 0 aliphatic heterocycles. The van der Waals surface area contributed by atoms with E-state index < -0.39 is 10.0 Å². The number of sulfonamides is 1. The molecule has 0 atom stereocenters. The van der Waals surface area contributed by atoms with E-state index in [9.17, 15) is 13.2 Å². The van der Waals surface area contributed by atoms with E-state index in [1.807, 2.05) is 60.7 Å². The molecular weight excluding hydrogens is 412 g/mol. The maximum absolute atomic E-state index is 13.4. The molecule has 0 N–H and O–H groups in total. The molecule has 0 unspecified atom stereocenters. The van der Waals surface area contributed by atoms with Gasteiger partial charge in [-0.25, -0.2) is 8.42 Å². The zero-order valence-electron chi connectivity index (χ0n) is 17.6. The fourth-order valence-corrected chi connectivity index (χ4v) is 4.20. The second-order valence-corrected chi connectivity index (χ2v) is 9.01. The Morgan fingerprint density at radius 3 is 2.10 bits per heavy atom. The molecule has 0 saturated heterocycles. The zero-order valence-corrected chi connectivity index (χ0v) is 18.5. The Morgan fingerprint density at radius 2 is 1.48 bits per heavy atom. The number of rotatable bonds is 9. The van der Waals surface area contributed by atoms with Crippen LogP contribution in [0.5, 0.6) is 0 Å². The standard InChI is InChI=1S/C24H26N2O4S/c1-25(30-2)31(28,29)23-15-9-14-22(18-23)24(27)26(19-21-12-7-4-8-13-21)17-16-20-10-5-3-6-11-20/h3-15,18H,16-17,19H2,1-2H3. The van der Waals surface area contributed by atoms with E-state index in [0.717, 1.165) is 15.6 Å². The molecule has 0 heterocycles. The number of hydrogen-bond donors (Lipinski definition) is 0. The van der Waals surface area contributed by atoms with Crippen LogP contribution < -0.4 is 0 Å². The highest BCUT2D eigenvalue weighted by Crippen LogP contribution is 2.18. The lowest BCUT2D eigenvalue weighted by Gasteiger charge is -2.24. The maximum Gasteiger partial charge on any atom is 0.264 e. The summed E-state index contributed by atoms with van der Waals surface area (Å²) in [5, 5.41) is 0. The van der Waals surface area contributed by atoms with Gasteiger partial charge in [-0.2, -0.15) is 0 Å². The molecule has 0 radical (unpaired) electrons. The quantitative estimate of drug-likeness (QED) is 0.477. The van der Waals surface area contributed by atoms with Gasteiger partial charge in [-0.1, -0.05) is 71.2 Å². The lowest BCUT2D eigenvalue weighted by atomic mass is 10.1. The fraction of sp³-hybridized carbons (Fsp3) is 0.208. The first-order chi connectivity index (χ1) is 14.9. The summed E-state index contributed by atoms with van der Waals surface area (Å²) in [6.07, 6.45) is 0.698. The molecular formula is C24H26N2O4S. The van der Waals surface area contributed by atoms with Gasteiger partial charge in [-0.3, -0.25) is 9.63 Å². The Hall–Kier alpha value is -3.00. The number of hydrogen-bond acceptors (Lipinski definition) is 4. The van der Waals surface area contributed by atoms with E-state index >= 15 is 0 Å². The predicted octanol–water partition coefficient (Wildman–Crippen LogP) is 3.75. The first-order valence-corrected chi connectivity index (χ1v) is 11.4. The lowest BCUT2D eigenvalue weighted by Crippen LogP contribution is -2.33. The molecule has 0 aliphatic carbocycles. The molecule has 6 nitrogen and oxygen atoms in total. The molecule has 7 heteroatoms. The SMILES string of the molecule is CON(C)S(=O)(=O)c1cccc(C(=O)N(CCc2ccccc2)Cc2ccccc2)c1. The highest BCUT2D eigenvalue weighted by Gasteiger charge is 2.23. The molecule has 0 aromatic heterocycles. The van der Waals surface area contributed by atoms with Crippen LogP contribution in [0.1, 0.15) is 21.5 Å². The fourth-order valence-electron chi connectivity index (χ4n) is 3.18. The second kappa shape index (κ2) is 10.3. The van der Waals surface area contributed by atoms with Crippen molar-refractivity contribution in [3.8, 4) is 0 Å². The van der Waals surface area contributed by atoms with Crippen molar-refractivity contribution in [2.75, 3.05) is 20.7 Å². The van der Waals surface area contributed by atoms with Crippen molar-refractivity contribution in [1.29, 1.82) is 0 Å². The molecule has 3 aromatic rings. The van der Waals surface area contributed by atoms with Crippen LogP contribution in [0, 0.1) is 0 Å². The van der Waals surface area contributed by atoms with Crippen molar-refractivity contribution >= 4 is 15.9 Å². The predicted molar refractivity (Wildman–Crippen MR) is 120 cm³/mol. The molecule has 0 spiro atoms. The van der Waals surface area contributed by atoms with Crippen molar-refractivity contribution in [2.45, 2.75) is 17.9 Å². The van der Waals surface area contributed by atoms with E-state index in [0.29, 0.717) is 25.1 Å². The van der Waals surface area contributed by atoms with Gasteiger partial charge < -0.3 is 4.90 Å². The van der Waals surface area contributed by atoms with Gasteiger partial charge in [0.05, 0.1) is 12.0 Å². The van der Waals surface area contributed by atoms with E-state index in [-0.39, 0.29) is 10.8 Å². The van der Waals surface area contributed by atoms with Crippen LogP contribution in [-0.4, -0.2) is 44.4 Å². The first kappa shape index (κ1) is 22.7. The monoisotopic (exact) mass is 438 g/mol. The molecule has 0 bridgehead atoms. The molecule has 0 fully saturated rings. The summed E-state index contributed by atoms with van der Waals surface area (Å²) in [4.78, 5) is 20.0. The average Bonchev–Trinajstić information content (AvgIpc) is 2.82. The van der Waals surface area contributed by atoms with Gasteiger partial charge in [-0.05, 0) is 35.7 Å². The molecule has 3 aromatic carbocycles. The number of carbonyl (C=O) groups is 1. The van der Waals surface area contributed by atoms with Crippen molar-refractivity contribution in [3.05, 3.63) is 102 Å². The molecule has 0 aliphatic rings. The summed E-state index contributed by atoms with van der Waals surface area (Å²) in [7, 11) is -1.26. The highest BCUT2D eigenvalue weighted by atomic mass is 32.2. The van der Waals surface area contributed by atoms with Crippen molar-refractivity contribution in [2.24, 2.45) is 0 Å². The van der Waals surface area contributed by atoms with Crippen LogP contribution in [-0.2, 0) is 27.8 Å². The van der Waals surface area contributed by atoms with Gasteiger partial charge in [0.15, 0.2) is 0 Å². The number of nitrogens with zero attached hydrogens (tertiary/aromatic N) is 2. The first-order valence-electron chi connectivity index (χ1n) is 9.92. The van der Waals surface area contributed by atoms with Crippen LogP contribution in [0.2, 0.25) is 0 Å². The topological polar surface area (TPSA) is 66.9 Å². The molecule has 3 rings (SSSR count). The second-order valence-electron chi connectivity index (χ2n) is 7.07. The van der Waals surface area contributed by atoms with Crippen molar-refractivity contribution in [3.63, 3.8) is 0 Å². The molecule has 0 saturated carbocycles. The van der Waals surface area contributed by atoms with E-state index in [2.05, 4.69) is 0 Å². The number of carbonyl (C=O) groups excluding carboxylic acids is 1. The van der Waals surface area contributed by atoms with Crippen LogP contribution in [0.3, 0.4) is 0 Å². The summed E-state index contributed by atoms with van der Waals surface area (Å²) in [5.41, 5.74) is 2.45. The van der Waals surface area contributed by atoms with Gasteiger partial charge in [0.1, 0.15) is 0 Å². The summed E-state index contributed by atoms with van der Waals surface area (Å²) in [5.74, 6) is -0.225. The molecule has 162 valence electrons. The number of benzene rings is 3. The Kier molecular flexibility index (Phi) is 7.57. The Labute approximate surface area is 183 Å². The van der Waals surface area contributed by atoms with E-state index in [1.54, 1.807) is 17.0 Å². The van der Waals surface area contributed by atoms with Crippen molar-refractivity contribution < 1.29 is 18.0 Å². The van der Waals surface area contributed by atoms with Gasteiger partial charge in [0.25, 0.3) is 15.9 Å². The lowest BCUT2D eigenvalue weighted by molar-refractivity contribution is -0.0258. The highest BCUT2D eigenvalue weighted by molar-refractivity contribution is 7.89. The Bertz CT molecular complexity index is 1100. The normalized spacial score (nSPS) is 11.5. The van der Waals surface area contributed by atoms with E-state index in [4.69, 9.17) is 4.84 Å². The minimum absolute atomic E-state index is 0.00502. The van der Waals surface area contributed by atoms with Crippen LogP contribution in [0.4, 0.5) is 0 Å².